The van der Waals surface area contributed by atoms with Crippen molar-refractivity contribution in [1.82, 2.24) is 4.98 Å². The number of halogens is 2. The maximum Gasteiger partial charge on any atom is 0.274 e. The van der Waals surface area contributed by atoms with Crippen molar-refractivity contribution in [1.29, 1.82) is 0 Å². The van der Waals surface area contributed by atoms with Gasteiger partial charge in [-0.05, 0) is 24.3 Å². The second-order valence-corrected chi connectivity index (χ2v) is 3.94. The Hall–Kier alpha value is -2.14. The molecule has 1 aromatic carbocycles. The molecule has 0 saturated heterocycles. The molecule has 0 fully saturated rings. The average molecular weight is 266 g/mol. The maximum atomic E-state index is 13.6. The van der Waals surface area contributed by atoms with E-state index in [1.165, 1.54) is 30.5 Å². The summed E-state index contributed by atoms with van der Waals surface area (Å²) in [7, 11) is 0. The van der Waals surface area contributed by atoms with E-state index in [1.807, 2.05) is 0 Å². The SMILES string of the molecule is Nc1ccnc(C(=O)Nc2cccc(Cl)c2F)c1. The molecule has 0 radical (unpaired) electrons. The number of anilines is 2. The van der Waals surface area contributed by atoms with Crippen molar-refractivity contribution in [3.63, 3.8) is 0 Å². The minimum atomic E-state index is -0.684. The number of benzene rings is 1. The lowest BCUT2D eigenvalue weighted by molar-refractivity contribution is 0.102. The van der Waals surface area contributed by atoms with Gasteiger partial charge in [-0.25, -0.2) is 4.39 Å². The minimum absolute atomic E-state index is 0.00303. The Morgan fingerprint density at radius 1 is 1.39 bits per heavy atom. The van der Waals surface area contributed by atoms with Crippen molar-refractivity contribution in [3.05, 3.63) is 53.1 Å². The Labute approximate surface area is 108 Å². The molecule has 4 nitrogen and oxygen atoms in total. The number of nitrogens with two attached hydrogens (primary N) is 1. The van der Waals surface area contributed by atoms with Crippen molar-refractivity contribution in [2.45, 2.75) is 0 Å². The zero-order chi connectivity index (χ0) is 13.1. The summed E-state index contributed by atoms with van der Waals surface area (Å²) >= 11 is 5.61. The second kappa shape index (κ2) is 5.01. The van der Waals surface area contributed by atoms with Crippen molar-refractivity contribution in [2.24, 2.45) is 0 Å². The van der Waals surface area contributed by atoms with Crippen LogP contribution in [0.2, 0.25) is 5.02 Å². The highest BCUT2D eigenvalue weighted by molar-refractivity contribution is 6.31. The highest BCUT2D eigenvalue weighted by atomic mass is 35.5. The third-order valence-corrected chi connectivity index (χ3v) is 2.51. The molecule has 0 spiro atoms. The molecule has 2 rings (SSSR count). The van der Waals surface area contributed by atoms with Gasteiger partial charge in [0.15, 0.2) is 5.82 Å². The number of rotatable bonds is 2. The standard InChI is InChI=1S/C12H9ClFN3O/c13-8-2-1-3-9(11(8)14)17-12(18)10-6-7(15)4-5-16-10/h1-6H,(H2,15,16)(H,17,18). The molecule has 3 N–H and O–H groups in total. The van der Waals surface area contributed by atoms with E-state index in [0.29, 0.717) is 5.69 Å². The monoisotopic (exact) mass is 265 g/mol. The van der Waals surface area contributed by atoms with Crippen LogP contribution < -0.4 is 11.1 Å². The summed E-state index contributed by atoms with van der Waals surface area (Å²) in [4.78, 5) is 15.6. The first-order valence-corrected chi connectivity index (χ1v) is 5.42. The summed E-state index contributed by atoms with van der Waals surface area (Å²) in [6.07, 6.45) is 1.40. The normalized spacial score (nSPS) is 10.1. The molecule has 0 unspecified atom stereocenters. The zero-order valence-electron chi connectivity index (χ0n) is 9.15. The van der Waals surface area contributed by atoms with Gasteiger partial charge < -0.3 is 11.1 Å². The molecule has 2 aromatic rings. The van der Waals surface area contributed by atoms with E-state index in [2.05, 4.69) is 10.3 Å². The number of nitrogens with zero attached hydrogens (tertiary/aromatic N) is 1. The fraction of sp³-hybridized carbons (Fsp3) is 0. The second-order valence-electron chi connectivity index (χ2n) is 3.53. The molecule has 0 saturated carbocycles. The average Bonchev–Trinajstić information content (AvgIpc) is 2.35. The van der Waals surface area contributed by atoms with Gasteiger partial charge in [0.1, 0.15) is 5.69 Å². The summed E-state index contributed by atoms with van der Waals surface area (Å²) in [5, 5.41) is 2.32. The number of nitrogen functional groups attached to an aromatic ring is 1. The largest absolute Gasteiger partial charge is 0.399 e. The third kappa shape index (κ3) is 2.57. The topological polar surface area (TPSA) is 68.0 Å². The van der Waals surface area contributed by atoms with Crippen LogP contribution in [0.15, 0.2) is 36.5 Å². The summed E-state index contributed by atoms with van der Waals surface area (Å²) in [6.45, 7) is 0. The van der Waals surface area contributed by atoms with E-state index in [0.717, 1.165) is 0 Å². The number of pyridine rings is 1. The van der Waals surface area contributed by atoms with Crippen LogP contribution in [0.4, 0.5) is 15.8 Å². The van der Waals surface area contributed by atoms with E-state index >= 15 is 0 Å². The summed E-state index contributed by atoms with van der Waals surface area (Å²) in [6, 6.07) is 7.29. The number of carbonyl (C=O) groups is 1. The van der Waals surface area contributed by atoms with Crippen LogP contribution in [0.25, 0.3) is 0 Å². The number of hydrogen-bond acceptors (Lipinski definition) is 3. The van der Waals surface area contributed by atoms with Crippen LogP contribution >= 0.6 is 11.6 Å². The fourth-order valence-electron chi connectivity index (χ4n) is 1.36. The molecule has 1 amide bonds. The van der Waals surface area contributed by atoms with Gasteiger partial charge in [0, 0.05) is 11.9 Å². The maximum absolute atomic E-state index is 13.6. The third-order valence-electron chi connectivity index (χ3n) is 2.22. The summed E-state index contributed by atoms with van der Waals surface area (Å²) in [5.74, 6) is -1.24. The molecule has 0 aliphatic carbocycles. The lowest BCUT2D eigenvalue weighted by atomic mass is 10.2. The van der Waals surface area contributed by atoms with Crippen molar-refractivity contribution >= 4 is 28.9 Å². The van der Waals surface area contributed by atoms with Crippen LogP contribution in [0, 0.1) is 5.82 Å². The molecule has 0 aliphatic rings. The molecule has 0 aliphatic heterocycles. The van der Waals surface area contributed by atoms with Crippen molar-refractivity contribution < 1.29 is 9.18 Å². The Balaban J connectivity index is 2.24. The Kier molecular flexibility index (Phi) is 3.43. The molecule has 18 heavy (non-hydrogen) atoms. The summed E-state index contributed by atoms with van der Waals surface area (Å²) in [5.41, 5.74) is 6.04. The predicted molar refractivity (Wildman–Crippen MR) is 68.0 cm³/mol. The van der Waals surface area contributed by atoms with E-state index < -0.39 is 11.7 Å². The quantitative estimate of drug-likeness (QED) is 0.877. The first-order valence-electron chi connectivity index (χ1n) is 5.05. The molecule has 1 aromatic heterocycles. The van der Waals surface area contributed by atoms with E-state index in [4.69, 9.17) is 17.3 Å². The van der Waals surface area contributed by atoms with Gasteiger partial charge in [0.2, 0.25) is 0 Å². The molecular weight excluding hydrogens is 257 g/mol. The fourth-order valence-corrected chi connectivity index (χ4v) is 1.53. The van der Waals surface area contributed by atoms with Crippen LogP contribution in [0.5, 0.6) is 0 Å². The number of hydrogen-bond donors (Lipinski definition) is 2. The Bertz CT molecular complexity index is 604. The minimum Gasteiger partial charge on any atom is -0.399 e. The molecule has 92 valence electrons. The number of nitrogens with one attached hydrogen (secondary N) is 1. The molecular formula is C12H9ClFN3O. The Morgan fingerprint density at radius 3 is 2.89 bits per heavy atom. The first-order chi connectivity index (χ1) is 8.58. The van der Waals surface area contributed by atoms with Gasteiger partial charge in [-0.15, -0.1) is 0 Å². The van der Waals surface area contributed by atoms with Gasteiger partial charge >= 0.3 is 0 Å². The van der Waals surface area contributed by atoms with Crippen LogP contribution in [0.3, 0.4) is 0 Å². The first kappa shape index (κ1) is 12.3. The van der Waals surface area contributed by atoms with E-state index in [1.54, 1.807) is 6.07 Å². The number of aromatic nitrogens is 1. The molecule has 0 atom stereocenters. The van der Waals surface area contributed by atoms with Gasteiger partial charge in [0.05, 0.1) is 10.7 Å². The lowest BCUT2D eigenvalue weighted by Gasteiger charge is -2.06. The zero-order valence-corrected chi connectivity index (χ0v) is 9.91. The van der Waals surface area contributed by atoms with E-state index in [9.17, 15) is 9.18 Å². The molecule has 0 bridgehead atoms. The highest BCUT2D eigenvalue weighted by Crippen LogP contribution is 2.22. The Morgan fingerprint density at radius 2 is 2.17 bits per heavy atom. The van der Waals surface area contributed by atoms with Crippen LogP contribution in [-0.4, -0.2) is 10.9 Å². The smallest absolute Gasteiger partial charge is 0.274 e. The van der Waals surface area contributed by atoms with Gasteiger partial charge in [0.25, 0.3) is 5.91 Å². The number of amides is 1. The van der Waals surface area contributed by atoms with Crippen molar-refractivity contribution in [3.8, 4) is 0 Å². The lowest BCUT2D eigenvalue weighted by Crippen LogP contribution is -2.14. The highest BCUT2D eigenvalue weighted by Gasteiger charge is 2.12. The summed E-state index contributed by atoms with van der Waals surface area (Å²) < 4.78 is 13.6. The van der Waals surface area contributed by atoms with E-state index in [-0.39, 0.29) is 16.4 Å². The number of carbonyl (C=O) groups excluding carboxylic acids is 1. The van der Waals surface area contributed by atoms with Gasteiger partial charge in [-0.1, -0.05) is 17.7 Å². The van der Waals surface area contributed by atoms with Gasteiger partial charge in [-0.2, -0.15) is 0 Å². The van der Waals surface area contributed by atoms with Gasteiger partial charge in [-0.3, -0.25) is 9.78 Å². The van der Waals surface area contributed by atoms with Crippen LogP contribution in [-0.2, 0) is 0 Å². The predicted octanol–water partition coefficient (Wildman–Crippen LogP) is 2.71. The van der Waals surface area contributed by atoms with Crippen LogP contribution in [0.1, 0.15) is 10.5 Å². The van der Waals surface area contributed by atoms with Crippen molar-refractivity contribution in [2.75, 3.05) is 11.1 Å². The molecule has 6 heteroatoms. The molecule has 1 heterocycles.